The van der Waals surface area contributed by atoms with Crippen LogP contribution in [0.25, 0.3) is 10.8 Å². The molecule has 0 amide bonds. The number of fused-ring (bicyclic) bond motifs is 1. The lowest BCUT2D eigenvalue weighted by Crippen LogP contribution is -2.37. The fourth-order valence-electron chi connectivity index (χ4n) is 4.24. The summed E-state index contributed by atoms with van der Waals surface area (Å²) in [4.78, 5) is 0. The van der Waals surface area contributed by atoms with E-state index in [0.29, 0.717) is 36.1 Å². The van der Waals surface area contributed by atoms with E-state index in [9.17, 15) is 8.78 Å². The summed E-state index contributed by atoms with van der Waals surface area (Å²) >= 11 is 0. The normalized spacial score (nSPS) is 15.3. The fraction of sp³-hybridized carbons (Fsp3) is 0.296. The number of nitrogens with zero attached hydrogens (tertiary/aromatic N) is 1. The van der Waals surface area contributed by atoms with Gasteiger partial charge in [-0.25, -0.2) is 13.2 Å². The number of allylic oxidation sites excluding steroid dienone is 1. The van der Waals surface area contributed by atoms with Crippen molar-refractivity contribution in [2.75, 3.05) is 13.2 Å². The third-order valence-corrected chi connectivity index (χ3v) is 6.01. The van der Waals surface area contributed by atoms with Crippen LogP contribution in [0.5, 0.6) is 0 Å². The molecule has 0 unspecified atom stereocenters. The molecule has 0 aliphatic carbocycles. The van der Waals surface area contributed by atoms with Gasteiger partial charge in [-0.15, -0.1) is 6.58 Å². The molecule has 33 heavy (non-hydrogen) atoms. The third kappa shape index (κ3) is 4.66. The molecule has 1 saturated heterocycles. The number of benzene rings is 3. The van der Waals surface area contributed by atoms with Gasteiger partial charge in [-0.3, -0.25) is 0 Å². The number of aryl methyl sites for hydroxylation is 2. The fourth-order valence-corrected chi connectivity index (χ4v) is 4.24. The lowest BCUT2D eigenvalue weighted by atomic mass is 9.94. The molecule has 3 aromatic carbocycles. The SMILES string of the molecule is C=CCCC1(c2ccc3c(F)c(CCc4cc(F)c(C#N)c(F)c4)ccc3c2)OCCCO1. The Balaban J connectivity index is 1.59. The van der Waals surface area contributed by atoms with Crippen LogP contribution in [0.15, 0.2) is 55.1 Å². The highest BCUT2D eigenvalue weighted by Crippen LogP contribution is 2.37. The largest absolute Gasteiger partial charge is 0.346 e. The van der Waals surface area contributed by atoms with Crippen LogP contribution >= 0.6 is 0 Å². The highest BCUT2D eigenvalue weighted by Gasteiger charge is 2.36. The summed E-state index contributed by atoms with van der Waals surface area (Å²) in [5.74, 6) is -3.04. The smallest absolute Gasteiger partial charge is 0.195 e. The zero-order chi connectivity index (χ0) is 23.4. The van der Waals surface area contributed by atoms with E-state index in [-0.39, 0.29) is 18.7 Å². The summed E-state index contributed by atoms with van der Waals surface area (Å²) in [7, 11) is 0. The van der Waals surface area contributed by atoms with E-state index in [1.54, 1.807) is 12.1 Å². The van der Waals surface area contributed by atoms with Crippen molar-refractivity contribution in [1.29, 1.82) is 5.26 Å². The Bertz CT molecular complexity index is 1200. The van der Waals surface area contributed by atoms with Gasteiger partial charge in [0.25, 0.3) is 0 Å². The predicted octanol–water partition coefficient (Wildman–Crippen LogP) is 6.47. The molecule has 3 aromatic rings. The first-order valence-corrected chi connectivity index (χ1v) is 11.0. The van der Waals surface area contributed by atoms with Crippen molar-refractivity contribution in [2.45, 2.75) is 37.9 Å². The Hall–Kier alpha value is -3.14. The van der Waals surface area contributed by atoms with Gasteiger partial charge in [-0.2, -0.15) is 5.26 Å². The first-order valence-electron chi connectivity index (χ1n) is 11.0. The molecule has 3 nitrogen and oxygen atoms in total. The molecular weight excluding hydrogens is 427 g/mol. The molecule has 0 radical (unpaired) electrons. The zero-order valence-electron chi connectivity index (χ0n) is 18.2. The quantitative estimate of drug-likeness (QED) is 0.387. The van der Waals surface area contributed by atoms with Crippen LogP contribution in [-0.2, 0) is 28.1 Å². The average Bonchev–Trinajstić information content (AvgIpc) is 2.82. The maximum absolute atomic E-state index is 15.3. The minimum atomic E-state index is -0.906. The molecule has 6 heteroatoms. The van der Waals surface area contributed by atoms with Gasteiger partial charge >= 0.3 is 0 Å². The summed E-state index contributed by atoms with van der Waals surface area (Å²) in [6, 6.07) is 12.7. The molecule has 0 N–H and O–H groups in total. The van der Waals surface area contributed by atoms with Crippen molar-refractivity contribution in [1.82, 2.24) is 0 Å². The summed E-state index contributed by atoms with van der Waals surface area (Å²) in [5.41, 5.74) is 1.05. The number of hydrogen-bond donors (Lipinski definition) is 0. The van der Waals surface area contributed by atoms with Crippen molar-refractivity contribution in [2.24, 2.45) is 0 Å². The molecule has 0 atom stereocenters. The molecule has 1 aliphatic rings. The number of rotatable bonds is 7. The molecule has 0 spiro atoms. The van der Waals surface area contributed by atoms with E-state index in [2.05, 4.69) is 6.58 Å². The highest BCUT2D eigenvalue weighted by molar-refractivity contribution is 5.84. The van der Waals surface area contributed by atoms with Gasteiger partial charge in [-0.1, -0.05) is 30.3 Å². The Labute approximate surface area is 191 Å². The number of ether oxygens (including phenoxy) is 2. The van der Waals surface area contributed by atoms with E-state index in [1.165, 1.54) is 6.07 Å². The first-order chi connectivity index (χ1) is 16.0. The Morgan fingerprint density at radius 1 is 1.00 bits per heavy atom. The van der Waals surface area contributed by atoms with E-state index >= 15 is 4.39 Å². The molecule has 0 aromatic heterocycles. The number of hydrogen-bond acceptors (Lipinski definition) is 3. The van der Waals surface area contributed by atoms with Gasteiger partial charge in [0.15, 0.2) is 5.79 Å². The Kier molecular flexibility index (Phi) is 6.83. The molecule has 0 bridgehead atoms. The van der Waals surface area contributed by atoms with Gasteiger partial charge < -0.3 is 9.47 Å². The van der Waals surface area contributed by atoms with Crippen molar-refractivity contribution >= 4 is 10.8 Å². The molecule has 1 heterocycles. The Morgan fingerprint density at radius 2 is 1.73 bits per heavy atom. The van der Waals surface area contributed by atoms with Gasteiger partial charge in [-0.05, 0) is 60.4 Å². The second-order valence-corrected chi connectivity index (χ2v) is 8.15. The van der Waals surface area contributed by atoms with Gasteiger partial charge in [0.05, 0.1) is 13.2 Å². The minimum absolute atomic E-state index is 0.242. The molecular formula is C27H24F3NO2. The van der Waals surface area contributed by atoms with E-state index in [0.717, 1.165) is 35.9 Å². The van der Waals surface area contributed by atoms with Crippen LogP contribution in [0.1, 0.15) is 41.5 Å². The zero-order valence-corrected chi connectivity index (χ0v) is 18.2. The first kappa shape index (κ1) is 23.0. The minimum Gasteiger partial charge on any atom is -0.346 e. The molecule has 0 saturated carbocycles. The molecule has 4 rings (SSSR count). The standard InChI is InChI=1S/C27H24F3NO2/c1-2-3-11-27(32-12-4-13-33-27)21-9-10-22-20(16-21)8-7-19(26(22)30)6-5-18-14-24(28)23(17-31)25(29)15-18/h2,7-10,14-16H,1,3-6,11-13H2. The topological polar surface area (TPSA) is 42.2 Å². The van der Waals surface area contributed by atoms with Crippen LogP contribution in [-0.4, -0.2) is 13.2 Å². The second kappa shape index (κ2) is 9.78. The molecule has 1 aliphatic heterocycles. The van der Waals surface area contributed by atoms with Gasteiger partial charge in [0.1, 0.15) is 29.1 Å². The van der Waals surface area contributed by atoms with Crippen molar-refractivity contribution < 1.29 is 22.6 Å². The highest BCUT2D eigenvalue weighted by atomic mass is 19.1. The number of halogens is 3. The summed E-state index contributed by atoms with van der Waals surface area (Å²) in [5, 5.41) is 9.98. The van der Waals surface area contributed by atoms with E-state index in [1.807, 2.05) is 24.3 Å². The molecule has 1 fully saturated rings. The van der Waals surface area contributed by atoms with Crippen LogP contribution < -0.4 is 0 Å². The van der Waals surface area contributed by atoms with Crippen molar-refractivity contribution in [3.63, 3.8) is 0 Å². The maximum atomic E-state index is 15.3. The van der Waals surface area contributed by atoms with Crippen LogP contribution in [0, 0.1) is 28.8 Å². The lowest BCUT2D eigenvalue weighted by Gasteiger charge is -2.37. The van der Waals surface area contributed by atoms with Crippen LogP contribution in [0.4, 0.5) is 13.2 Å². The number of nitriles is 1. The Morgan fingerprint density at radius 3 is 2.39 bits per heavy atom. The maximum Gasteiger partial charge on any atom is 0.195 e. The summed E-state index contributed by atoms with van der Waals surface area (Å²) < 4.78 is 55.0. The van der Waals surface area contributed by atoms with Crippen molar-refractivity contribution in [3.8, 4) is 6.07 Å². The summed E-state index contributed by atoms with van der Waals surface area (Å²) in [6.45, 7) is 4.97. The second-order valence-electron chi connectivity index (χ2n) is 8.15. The molecule has 170 valence electrons. The van der Waals surface area contributed by atoms with Gasteiger partial charge in [0.2, 0.25) is 0 Å². The van der Waals surface area contributed by atoms with E-state index < -0.39 is 23.0 Å². The van der Waals surface area contributed by atoms with Crippen molar-refractivity contribution in [3.05, 3.63) is 94.8 Å². The predicted molar refractivity (Wildman–Crippen MR) is 120 cm³/mol. The van der Waals surface area contributed by atoms with Crippen LogP contribution in [0.2, 0.25) is 0 Å². The summed E-state index contributed by atoms with van der Waals surface area (Å²) in [6.07, 6.45) is 4.51. The monoisotopic (exact) mass is 451 g/mol. The van der Waals surface area contributed by atoms with Crippen LogP contribution in [0.3, 0.4) is 0 Å². The van der Waals surface area contributed by atoms with Gasteiger partial charge in [0, 0.05) is 17.4 Å². The van der Waals surface area contributed by atoms with E-state index in [4.69, 9.17) is 14.7 Å². The lowest BCUT2D eigenvalue weighted by molar-refractivity contribution is -0.279. The average molecular weight is 451 g/mol. The third-order valence-electron chi connectivity index (χ3n) is 6.01.